The molecule has 0 saturated carbocycles. The predicted octanol–water partition coefficient (Wildman–Crippen LogP) is 1.34. The summed E-state index contributed by atoms with van der Waals surface area (Å²) < 4.78 is 1.46. The van der Waals surface area contributed by atoms with E-state index in [0.717, 1.165) is 5.69 Å². The number of nitrogens with zero attached hydrogens (tertiary/aromatic N) is 3. The maximum absolute atomic E-state index is 10.8. The highest BCUT2D eigenvalue weighted by molar-refractivity contribution is 7.12. The maximum atomic E-state index is 10.8. The number of aromatic carboxylic acids is 1. The smallest absolute Gasteiger partial charge is 0.372 e. The Hall–Kier alpha value is -1.69. The quantitative estimate of drug-likeness (QED) is 0.810. The molecule has 0 fully saturated rings. The topological polar surface area (TPSA) is 68.0 Å². The lowest BCUT2D eigenvalue weighted by molar-refractivity contribution is 0.0681. The fraction of sp³-hybridized carbons (Fsp3) is 0.125. The summed E-state index contributed by atoms with van der Waals surface area (Å²) in [7, 11) is 0. The third kappa shape index (κ3) is 1.39. The van der Waals surface area contributed by atoms with Gasteiger partial charge in [-0.15, -0.1) is 11.3 Å². The SMILES string of the molecule is Cc1csc(-n2ccnc2C(=O)O)n1. The zero-order chi connectivity index (χ0) is 10.1. The predicted molar refractivity (Wildman–Crippen MR) is 50.9 cm³/mol. The van der Waals surface area contributed by atoms with E-state index in [1.54, 1.807) is 6.20 Å². The lowest BCUT2D eigenvalue weighted by atomic mass is 10.6. The molecule has 0 bridgehead atoms. The number of hydrogen-bond donors (Lipinski definition) is 1. The number of imidazole rings is 1. The summed E-state index contributed by atoms with van der Waals surface area (Å²) in [6.07, 6.45) is 3.03. The summed E-state index contributed by atoms with van der Waals surface area (Å²) in [5.41, 5.74) is 0.870. The fourth-order valence-corrected chi connectivity index (χ4v) is 1.85. The van der Waals surface area contributed by atoms with Gasteiger partial charge in [0.2, 0.25) is 5.82 Å². The molecular formula is C8H7N3O2S. The minimum atomic E-state index is -1.05. The van der Waals surface area contributed by atoms with Crippen LogP contribution in [0.1, 0.15) is 16.3 Å². The van der Waals surface area contributed by atoms with Gasteiger partial charge in [0.1, 0.15) is 0 Å². The van der Waals surface area contributed by atoms with Crippen molar-refractivity contribution in [3.05, 3.63) is 29.3 Å². The Morgan fingerprint density at radius 3 is 3.00 bits per heavy atom. The van der Waals surface area contributed by atoms with Crippen molar-refractivity contribution in [1.29, 1.82) is 0 Å². The molecule has 0 aliphatic carbocycles. The van der Waals surface area contributed by atoms with E-state index in [0.29, 0.717) is 5.13 Å². The molecule has 6 heteroatoms. The van der Waals surface area contributed by atoms with Crippen LogP contribution < -0.4 is 0 Å². The van der Waals surface area contributed by atoms with Gasteiger partial charge in [-0.25, -0.2) is 14.8 Å². The van der Waals surface area contributed by atoms with E-state index in [9.17, 15) is 4.79 Å². The van der Waals surface area contributed by atoms with Crippen molar-refractivity contribution < 1.29 is 9.90 Å². The number of aromatic nitrogens is 3. The Kier molecular flexibility index (Phi) is 2.05. The molecule has 0 amide bonds. The van der Waals surface area contributed by atoms with Gasteiger partial charge in [0.25, 0.3) is 0 Å². The number of aryl methyl sites for hydroxylation is 1. The van der Waals surface area contributed by atoms with Crippen molar-refractivity contribution in [1.82, 2.24) is 14.5 Å². The number of carboxylic acids is 1. The van der Waals surface area contributed by atoms with E-state index in [4.69, 9.17) is 5.11 Å². The van der Waals surface area contributed by atoms with Gasteiger partial charge in [-0.3, -0.25) is 4.57 Å². The molecule has 0 radical (unpaired) electrons. The summed E-state index contributed by atoms with van der Waals surface area (Å²) in [4.78, 5) is 18.7. The largest absolute Gasteiger partial charge is 0.475 e. The summed E-state index contributed by atoms with van der Waals surface area (Å²) in [6, 6.07) is 0. The lowest BCUT2D eigenvalue weighted by Crippen LogP contribution is -2.07. The Labute approximate surface area is 83.7 Å². The lowest BCUT2D eigenvalue weighted by Gasteiger charge is -1.98. The third-order valence-electron chi connectivity index (χ3n) is 1.65. The van der Waals surface area contributed by atoms with Gasteiger partial charge in [0.15, 0.2) is 5.13 Å². The molecule has 2 rings (SSSR count). The van der Waals surface area contributed by atoms with Crippen molar-refractivity contribution in [2.75, 3.05) is 0 Å². The molecule has 72 valence electrons. The van der Waals surface area contributed by atoms with Gasteiger partial charge < -0.3 is 5.11 Å². The van der Waals surface area contributed by atoms with Crippen molar-refractivity contribution in [2.24, 2.45) is 0 Å². The highest BCUT2D eigenvalue weighted by Gasteiger charge is 2.13. The fourth-order valence-electron chi connectivity index (χ4n) is 1.07. The first kappa shape index (κ1) is 8.89. The van der Waals surface area contributed by atoms with Crippen LogP contribution in [0, 0.1) is 6.92 Å². The monoisotopic (exact) mass is 209 g/mol. The number of carbonyl (C=O) groups is 1. The van der Waals surface area contributed by atoms with Crippen LogP contribution in [-0.4, -0.2) is 25.6 Å². The zero-order valence-corrected chi connectivity index (χ0v) is 8.15. The summed E-state index contributed by atoms with van der Waals surface area (Å²) in [5, 5.41) is 11.3. The molecule has 0 aromatic carbocycles. The molecule has 0 aliphatic rings. The van der Waals surface area contributed by atoms with Gasteiger partial charge in [0.05, 0.1) is 5.69 Å². The van der Waals surface area contributed by atoms with E-state index in [2.05, 4.69) is 9.97 Å². The molecule has 2 aromatic heterocycles. The average Bonchev–Trinajstić information content (AvgIpc) is 2.70. The molecule has 0 saturated heterocycles. The Balaban J connectivity index is 2.51. The summed E-state index contributed by atoms with van der Waals surface area (Å²) >= 11 is 1.39. The second kappa shape index (κ2) is 3.22. The number of hydrogen-bond acceptors (Lipinski definition) is 4. The molecule has 0 aliphatic heterocycles. The Morgan fingerprint density at radius 1 is 1.64 bits per heavy atom. The van der Waals surface area contributed by atoms with E-state index in [1.165, 1.54) is 22.1 Å². The van der Waals surface area contributed by atoms with Crippen LogP contribution in [0.3, 0.4) is 0 Å². The third-order valence-corrected chi connectivity index (χ3v) is 2.60. The van der Waals surface area contributed by atoms with Gasteiger partial charge in [-0.05, 0) is 6.92 Å². The summed E-state index contributed by atoms with van der Waals surface area (Å²) in [5.74, 6) is -1.07. The first-order valence-electron chi connectivity index (χ1n) is 3.87. The normalized spacial score (nSPS) is 10.4. The molecule has 1 N–H and O–H groups in total. The second-order valence-corrected chi connectivity index (χ2v) is 3.53. The Morgan fingerprint density at radius 2 is 2.43 bits per heavy atom. The molecule has 0 atom stereocenters. The van der Waals surface area contributed by atoms with Crippen molar-refractivity contribution in [3.63, 3.8) is 0 Å². The average molecular weight is 209 g/mol. The standard InChI is InChI=1S/C8H7N3O2S/c1-5-4-14-8(10-5)11-3-2-9-6(11)7(12)13/h2-4H,1H3,(H,12,13). The highest BCUT2D eigenvalue weighted by Crippen LogP contribution is 2.15. The van der Waals surface area contributed by atoms with Crippen LogP contribution in [0.4, 0.5) is 0 Å². The molecule has 5 nitrogen and oxygen atoms in total. The van der Waals surface area contributed by atoms with E-state index in [-0.39, 0.29) is 5.82 Å². The molecule has 0 spiro atoms. The maximum Gasteiger partial charge on any atom is 0.372 e. The first-order valence-corrected chi connectivity index (χ1v) is 4.75. The van der Waals surface area contributed by atoms with Gasteiger partial charge in [-0.1, -0.05) is 0 Å². The van der Waals surface area contributed by atoms with Gasteiger partial charge >= 0.3 is 5.97 Å². The van der Waals surface area contributed by atoms with Gasteiger partial charge in [0, 0.05) is 17.8 Å². The van der Waals surface area contributed by atoms with E-state index < -0.39 is 5.97 Å². The Bertz CT molecular complexity index is 474. The van der Waals surface area contributed by atoms with Crippen LogP contribution in [0.5, 0.6) is 0 Å². The van der Waals surface area contributed by atoms with Crippen LogP contribution in [0.2, 0.25) is 0 Å². The number of rotatable bonds is 2. The number of thiazole rings is 1. The first-order chi connectivity index (χ1) is 6.68. The molecule has 14 heavy (non-hydrogen) atoms. The van der Waals surface area contributed by atoms with E-state index >= 15 is 0 Å². The van der Waals surface area contributed by atoms with Crippen molar-refractivity contribution in [3.8, 4) is 5.13 Å². The van der Waals surface area contributed by atoms with E-state index in [1.807, 2.05) is 12.3 Å². The van der Waals surface area contributed by atoms with Crippen LogP contribution in [0.25, 0.3) is 5.13 Å². The minimum absolute atomic E-state index is 0.0145. The van der Waals surface area contributed by atoms with Crippen molar-refractivity contribution >= 4 is 17.3 Å². The summed E-state index contributed by atoms with van der Waals surface area (Å²) in [6.45, 7) is 1.86. The van der Waals surface area contributed by atoms with Gasteiger partial charge in [-0.2, -0.15) is 0 Å². The molecule has 2 aromatic rings. The minimum Gasteiger partial charge on any atom is -0.475 e. The van der Waals surface area contributed by atoms with Crippen LogP contribution >= 0.6 is 11.3 Å². The van der Waals surface area contributed by atoms with Crippen molar-refractivity contribution in [2.45, 2.75) is 6.92 Å². The molecule has 0 unspecified atom stereocenters. The zero-order valence-electron chi connectivity index (χ0n) is 7.34. The molecule has 2 heterocycles. The molecular weight excluding hydrogens is 202 g/mol. The second-order valence-electron chi connectivity index (χ2n) is 2.70. The van der Waals surface area contributed by atoms with Crippen LogP contribution in [-0.2, 0) is 0 Å². The number of carboxylic acid groups (broad SMARTS) is 1. The van der Waals surface area contributed by atoms with Crippen LogP contribution in [0.15, 0.2) is 17.8 Å². The highest BCUT2D eigenvalue weighted by atomic mass is 32.1.